The number of nitrogens with one attached hydrogen (secondary N) is 2. The predicted molar refractivity (Wildman–Crippen MR) is 72.9 cm³/mol. The zero-order valence-electron chi connectivity index (χ0n) is 10.4. The summed E-state index contributed by atoms with van der Waals surface area (Å²) in [6.45, 7) is 1.07. The van der Waals surface area contributed by atoms with Crippen LogP contribution in [0.5, 0.6) is 0 Å². The maximum Gasteiger partial charge on any atom is 0.263 e. The topological polar surface area (TPSA) is 41.1 Å². The van der Waals surface area contributed by atoms with Gasteiger partial charge in [0.05, 0.1) is 6.54 Å². The van der Waals surface area contributed by atoms with Crippen molar-refractivity contribution in [3.63, 3.8) is 0 Å². The van der Waals surface area contributed by atoms with Crippen molar-refractivity contribution in [2.24, 2.45) is 5.92 Å². The Morgan fingerprint density at radius 3 is 2.74 bits per heavy atom. The molecule has 3 nitrogen and oxygen atoms in total. The molecule has 0 bridgehead atoms. The van der Waals surface area contributed by atoms with Crippen molar-refractivity contribution < 1.29 is 13.6 Å². The molecule has 0 aliphatic heterocycles. The van der Waals surface area contributed by atoms with E-state index in [1.165, 1.54) is 31.0 Å². The van der Waals surface area contributed by atoms with E-state index >= 15 is 0 Å². The highest BCUT2D eigenvalue weighted by molar-refractivity contribution is 5.92. The Hall–Kier alpha value is -1.20. The number of carbonyl (C=O) groups excluding carboxylic acids is 1. The van der Waals surface area contributed by atoms with Gasteiger partial charge in [-0.25, -0.2) is 8.78 Å². The van der Waals surface area contributed by atoms with Crippen molar-refractivity contribution in [1.29, 1.82) is 0 Å². The van der Waals surface area contributed by atoms with Crippen molar-refractivity contribution in [3.8, 4) is 0 Å². The molecule has 1 aromatic rings. The highest BCUT2D eigenvalue weighted by Crippen LogP contribution is 2.27. The molecule has 19 heavy (non-hydrogen) atoms. The normalized spacial score (nSPS) is 14.1. The van der Waals surface area contributed by atoms with Gasteiger partial charge in [-0.2, -0.15) is 0 Å². The first-order valence-corrected chi connectivity index (χ1v) is 6.04. The van der Waals surface area contributed by atoms with E-state index in [-0.39, 0.29) is 30.4 Å². The van der Waals surface area contributed by atoms with Crippen LogP contribution in [-0.4, -0.2) is 19.0 Å². The van der Waals surface area contributed by atoms with Crippen LogP contribution in [0.1, 0.15) is 24.8 Å². The minimum absolute atomic E-state index is 0. The largest absolute Gasteiger partial charge is 0.325 e. The standard InChI is InChI=1S/C13H16F2N2O.ClH/c14-13(15)10-2-1-3-11(6-10)17-12(18)8-16-7-9-4-5-9;/h1-3,6,9,13,16H,4-5,7-8H2,(H,17,18);1H. The molecule has 0 spiro atoms. The molecule has 0 atom stereocenters. The van der Waals surface area contributed by atoms with E-state index in [2.05, 4.69) is 10.6 Å². The highest BCUT2D eigenvalue weighted by atomic mass is 35.5. The highest BCUT2D eigenvalue weighted by Gasteiger charge is 2.20. The van der Waals surface area contributed by atoms with Gasteiger partial charge in [0.25, 0.3) is 6.43 Å². The molecule has 1 aliphatic rings. The van der Waals surface area contributed by atoms with Crippen LogP contribution in [0.15, 0.2) is 24.3 Å². The van der Waals surface area contributed by atoms with Crippen molar-refractivity contribution in [2.45, 2.75) is 19.3 Å². The Labute approximate surface area is 117 Å². The van der Waals surface area contributed by atoms with E-state index in [4.69, 9.17) is 0 Å². The smallest absolute Gasteiger partial charge is 0.263 e. The van der Waals surface area contributed by atoms with E-state index in [1.807, 2.05) is 0 Å². The van der Waals surface area contributed by atoms with Crippen LogP contribution in [0.3, 0.4) is 0 Å². The number of alkyl halides is 2. The molecule has 2 N–H and O–H groups in total. The van der Waals surface area contributed by atoms with Gasteiger partial charge in [0.2, 0.25) is 5.91 Å². The summed E-state index contributed by atoms with van der Waals surface area (Å²) < 4.78 is 24.9. The first-order valence-electron chi connectivity index (χ1n) is 6.04. The van der Waals surface area contributed by atoms with Crippen molar-refractivity contribution in [1.82, 2.24) is 5.32 Å². The van der Waals surface area contributed by atoms with Crippen LogP contribution in [0.4, 0.5) is 14.5 Å². The molecular formula is C13H17ClF2N2O. The molecule has 1 fully saturated rings. The minimum Gasteiger partial charge on any atom is -0.325 e. The molecule has 0 unspecified atom stereocenters. The molecule has 1 saturated carbocycles. The molecule has 0 radical (unpaired) electrons. The fourth-order valence-corrected chi connectivity index (χ4v) is 1.67. The fraction of sp³-hybridized carbons (Fsp3) is 0.462. The first-order chi connectivity index (χ1) is 8.65. The zero-order chi connectivity index (χ0) is 13.0. The second kappa shape index (κ2) is 7.40. The Bertz CT molecular complexity index is 425. The van der Waals surface area contributed by atoms with Crippen LogP contribution < -0.4 is 10.6 Å². The number of carbonyl (C=O) groups is 1. The number of amides is 1. The lowest BCUT2D eigenvalue weighted by molar-refractivity contribution is -0.115. The quantitative estimate of drug-likeness (QED) is 0.846. The lowest BCUT2D eigenvalue weighted by atomic mass is 10.2. The lowest BCUT2D eigenvalue weighted by Gasteiger charge is -2.07. The third kappa shape index (κ3) is 5.53. The van der Waals surface area contributed by atoms with Crippen LogP contribution in [-0.2, 0) is 4.79 Å². The molecule has 0 heterocycles. The molecule has 0 aromatic heterocycles. The number of hydrogen-bond donors (Lipinski definition) is 2. The molecule has 1 amide bonds. The van der Waals surface area contributed by atoms with E-state index in [0.717, 1.165) is 6.54 Å². The van der Waals surface area contributed by atoms with Gasteiger partial charge in [-0.05, 0) is 37.4 Å². The maximum atomic E-state index is 12.5. The van der Waals surface area contributed by atoms with Gasteiger partial charge in [-0.15, -0.1) is 12.4 Å². The minimum atomic E-state index is -2.52. The van der Waals surface area contributed by atoms with E-state index < -0.39 is 6.43 Å². The average molecular weight is 291 g/mol. The Morgan fingerprint density at radius 2 is 2.11 bits per heavy atom. The van der Waals surface area contributed by atoms with Crippen LogP contribution in [0, 0.1) is 5.92 Å². The van der Waals surface area contributed by atoms with Gasteiger partial charge in [-0.1, -0.05) is 12.1 Å². The van der Waals surface area contributed by atoms with Gasteiger partial charge in [0.1, 0.15) is 0 Å². The fourth-order valence-electron chi connectivity index (χ4n) is 1.67. The molecular weight excluding hydrogens is 274 g/mol. The second-order valence-electron chi connectivity index (χ2n) is 4.55. The van der Waals surface area contributed by atoms with Crippen LogP contribution in [0.25, 0.3) is 0 Å². The molecule has 2 rings (SSSR count). The van der Waals surface area contributed by atoms with Crippen molar-refractivity contribution in [2.75, 3.05) is 18.4 Å². The van der Waals surface area contributed by atoms with E-state index in [0.29, 0.717) is 11.6 Å². The van der Waals surface area contributed by atoms with E-state index in [1.54, 1.807) is 6.07 Å². The molecule has 1 aliphatic carbocycles. The summed E-state index contributed by atoms with van der Waals surface area (Å²) in [5.41, 5.74) is 0.324. The van der Waals surface area contributed by atoms with Crippen molar-refractivity contribution in [3.05, 3.63) is 29.8 Å². The van der Waals surface area contributed by atoms with Gasteiger partial charge < -0.3 is 10.6 Å². The maximum absolute atomic E-state index is 12.5. The molecule has 6 heteroatoms. The number of rotatable bonds is 6. The number of benzene rings is 1. The third-order valence-electron chi connectivity index (χ3n) is 2.84. The van der Waals surface area contributed by atoms with Gasteiger partial charge in [0, 0.05) is 11.3 Å². The molecule has 106 valence electrons. The lowest BCUT2D eigenvalue weighted by Crippen LogP contribution is -2.29. The summed E-state index contributed by atoms with van der Waals surface area (Å²) in [7, 11) is 0. The Morgan fingerprint density at radius 1 is 1.37 bits per heavy atom. The van der Waals surface area contributed by atoms with Gasteiger partial charge >= 0.3 is 0 Å². The summed E-state index contributed by atoms with van der Waals surface area (Å²) in [4.78, 5) is 11.5. The number of halogens is 3. The first kappa shape index (κ1) is 15.9. The molecule has 0 saturated heterocycles. The summed E-state index contributed by atoms with van der Waals surface area (Å²) >= 11 is 0. The second-order valence-corrected chi connectivity index (χ2v) is 4.55. The monoisotopic (exact) mass is 290 g/mol. The SMILES string of the molecule is Cl.O=C(CNCC1CC1)Nc1cccc(C(F)F)c1. The summed E-state index contributed by atoms with van der Waals surface area (Å²) in [5, 5.41) is 5.64. The van der Waals surface area contributed by atoms with Crippen LogP contribution in [0.2, 0.25) is 0 Å². The van der Waals surface area contributed by atoms with Crippen molar-refractivity contribution >= 4 is 24.0 Å². The zero-order valence-corrected chi connectivity index (χ0v) is 11.2. The number of hydrogen-bond acceptors (Lipinski definition) is 2. The Balaban J connectivity index is 0.00000180. The molecule has 1 aromatic carbocycles. The predicted octanol–water partition coefficient (Wildman–Crippen LogP) is 2.98. The summed E-state index contributed by atoms with van der Waals surface area (Å²) in [6.07, 6.45) is -0.0642. The van der Waals surface area contributed by atoms with Gasteiger partial charge in [0.15, 0.2) is 0 Å². The van der Waals surface area contributed by atoms with E-state index in [9.17, 15) is 13.6 Å². The average Bonchev–Trinajstić information content (AvgIpc) is 3.13. The third-order valence-corrected chi connectivity index (χ3v) is 2.84. The number of anilines is 1. The Kier molecular flexibility index (Phi) is 6.18. The summed E-state index contributed by atoms with van der Waals surface area (Å²) in [5.74, 6) is 0.502. The summed E-state index contributed by atoms with van der Waals surface area (Å²) in [6, 6.07) is 5.74. The van der Waals surface area contributed by atoms with Crippen LogP contribution >= 0.6 is 12.4 Å². The van der Waals surface area contributed by atoms with Gasteiger partial charge in [-0.3, -0.25) is 4.79 Å².